The van der Waals surface area contributed by atoms with E-state index in [2.05, 4.69) is 5.10 Å². The number of para-hydroxylation sites is 1. The van der Waals surface area contributed by atoms with Crippen LogP contribution in [-0.4, -0.2) is 60.8 Å². The Labute approximate surface area is 179 Å². The van der Waals surface area contributed by atoms with Gasteiger partial charge in [0.15, 0.2) is 5.76 Å². The molecular formula is C22H24N4O5. The van der Waals surface area contributed by atoms with Crippen LogP contribution in [0.2, 0.25) is 0 Å². The number of rotatable bonds is 9. The summed E-state index contributed by atoms with van der Waals surface area (Å²) in [6.45, 7) is 0.690. The van der Waals surface area contributed by atoms with Crippen LogP contribution in [0.1, 0.15) is 24.0 Å². The predicted molar refractivity (Wildman–Crippen MR) is 113 cm³/mol. The lowest BCUT2D eigenvalue weighted by molar-refractivity contribution is -0.135. The number of nitrogens with two attached hydrogens (primary N) is 1. The van der Waals surface area contributed by atoms with Gasteiger partial charge in [0.05, 0.1) is 26.0 Å². The fourth-order valence-corrected chi connectivity index (χ4v) is 3.63. The largest absolute Gasteiger partial charge is 0.467 e. The van der Waals surface area contributed by atoms with Crippen molar-refractivity contribution in [3.05, 3.63) is 60.2 Å². The van der Waals surface area contributed by atoms with Gasteiger partial charge in [0.25, 0.3) is 5.91 Å². The second kappa shape index (κ2) is 9.15. The van der Waals surface area contributed by atoms with Gasteiger partial charge in [-0.15, -0.1) is 0 Å². The summed E-state index contributed by atoms with van der Waals surface area (Å²) in [6.07, 6.45) is 2.02. The van der Waals surface area contributed by atoms with Crippen LogP contribution in [0, 0.1) is 0 Å². The van der Waals surface area contributed by atoms with Gasteiger partial charge in [0.1, 0.15) is 23.1 Å². The maximum Gasteiger partial charge on any atom is 0.257 e. The van der Waals surface area contributed by atoms with Gasteiger partial charge in [-0.3, -0.25) is 14.5 Å². The molecular weight excluding hydrogens is 400 g/mol. The number of nitrogens with zero attached hydrogens (tertiary/aromatic N) is 3. The van der Waals surface area contributed by atoms with Gasteiger partial charge < -0.3 is 19.3 Å². The van der Waals surface area contributed by atoms with Crippen molar-refractivity contribution in [3.8, 4) is 0 Å². The average Bonchev–Trinajstić information content (AvgIpc) is 3.49. The summed E-state index contributed by atoms with van der Waals surface area (Å²) in [6, 6.07) is 12.8. The van der Waals surface area contributed by atoms with E-state index in [0.717, 1.165) is 11.0 Å². The molecule has 1 atom stereocenters. The van der Waals surface area contributed by atoms with Crippen LogP contribution >= 0.6 is 0 Å². The number of benzene rings is 1. The van der Waals surface area contributed by atoms with Crippen LogP contribution in [-0.2, 0) is 14.3 Å². The monoisotopic (exact) mass is 424 g/mol. The minimum absolute atomic E-state index is 0.0274. The van der Waals surface area contributed by atoms with Gasteiger partial charge in [-0.1, -0.05) is 18.2 Å². The summed E-state index contributed by atoms with van der Waals surface area (Å²) in [5, 5.41) is 6.95. The molecule has 162 valence electrons. The number of methoxy groups -OCH3 is 1. The van der Waals surface area contributed by atoms with Crippen molar-refractivity contribution in [2.24, 2.45) is 10.8 Å². The number of furan rings is 2. The third kappa shape index (κ3) is 4.68. The van der Waals surface area contributed by atoms with Gasteiger partial charge >= 0.3 is 0 Å². The van der Waals surface area contributed by atoms with Crippen LogP contribution in [0.25, 0.3) is 11.0 Å². The standard InChI is InChI=1S/C22H24N4O5/c1-29-10-8-25(13-21(23)27)14-22(28)26-17(19-7-4-9-30-19)12-16(24-26)20-11-15-5-2-3-6-18(15)31-20/h2-7,9,11,17H,8,10,12-14H2,1H3,(H2,23,27). The van der Waals surface area contributed by atoms with Crippen LogP contribution < -0.4 is 5.73 Å². The molecule has 9 heteroatoms. The van der Waals surface area contributed by atoms with Gasteiger partial charge in [0, 0.05) is 25.5 Å². The third-order valence-electron chi connectivity index (χ3n) is 5.10. The maximum atomic E-state index is 13.2. The molecule has 3 aromatic rings. The van der Waals surface area contributed by atoms with Gasteiger partial charge in [0.2, 0.25) is 5.91 Å². The van der Waals surface area contributed by atoms with E-state index in [1.807, 2.05) is 36.4 Å². The Kier molecular flexibility index (Phi) is 6.15. The molecule has 3 heterocycles. The summed E-state index contributed by atoms with van der Waals surface area (Å²) in [5.41, 5.74) is 6.75. The zero-order chi connectivity index (χ0) is 21.8. The summed E-state index contributed by atoms with van der Waals surface area (Å²) in [7, 11) is 1.56. The van der Waals surface area contributed by atoms with Crippen molar-refractivity contribution in [1.82, 2.24) is 9.91 Å². The van der Waals surface area contributed by atoms with E-state index in [4.69, 9.17) is 19.3 Å². The van der Waals surface area contributed by atoms with Crippen LogP contribution in [0.4, 0.5) is 0 Å². The Morgan fingerprint density at radius 2 is 2.10 bits per heavy atom. The quantitative estimate of drug-likeness (QED) is 0.563. The maximum absolute atomic E-state index is 13.2. The highest BCUT2D eigenvalue weighted by atomic mass is 16.5. The molecule has 2 N–H and O–H groups in total. The SMILES string of the molecule is COCCN(CC(N)=O)CC(=O)N1N=C(c2cc3ccccc3o2)CC1c1ccco1. The third-order valence-corrected chi connectivity index (χ3v) is 5.10. The number of hydrazone groups is 1. The minimum atomic E-state index is -0.514. The minimum Gasteiger partial charge on any atom is -0.467 e. The van der Waals surface area contributed by atoms with Crippen molar-refractivity contribution in [2.45, 2.75) is 12.5 Å². The second-order valence-electron chi connectivity index (χ2n) is 7.34. The fourth-order valence-electron chi connectivity index (χ4n) is 3.63. The first-order valence-electron chi connectivity index (χ1n) is 9.96. The highest BCUT2D eigenvalue weighted by Gasteiger charge is 2.36. The molecule has 9 nitrogen and oxygen atoms in total. The highest BCUT2D eigenvalue weighted by Crippen LogP contribution is 2.34. The topological polar surface area (TPSA) is 115 Å². The molecule has 1 aliphatic heterocycles. The Bertz CT molecular complexity index is 1060. The smallest absolute Gasteiger partial charge is 0.257 e. The van der Waals surface area contributed by atoms with Crippen molar-refractivity contribution >= 4 is 28.5 Å². The Morgan fingerprint density at radius 3 is 2.81 bits per heavy atom. The van der Waals surface area contributed by atoms with Gasteiger partial charge in [-0.25, -0.2) is 5.01 Å². The second-order valence-corrected chi connectivity index (χ2v) is 7.34. The van der Waals surface area contributed by atoms with Crippen LogP contribution in [0.3, 0.4) is 0 Å². The molecule has 0 aliphatic carbocycles. The van der Waals surface area contributed by atoms with E-state index >= 15 is 0 Å². The molecule has 31 heavy (non-hydrogen) atoms. The summed E-state index contributed by atoms with van der Waals surface area (Å²) in [4.78, 5) is 26.2. The average molecular weight is 424 g/mol. The van der Waals surface area contributed by atoms with E-state index in [0.29, 0.717) is 36.8 Å². The number of hydrogen-bond acceptors (Lipinski definition) is 7. The molecule has 0 bridgehead atoms. The molecule has 0 saturated carbocycles. The van der Waals surface area contributed by atoms with E-state index in [9.17, 15) is 9.59 Å². The molecule has 0 radical (unpaired) electrons. The Balaban J connectivity index is 1.59. The van der Waals surface area contributed by atoms with Crippen molar-refractivity contribution in [2.75, 3.05) is 33.4 Å². The lowest BCUT2D eigenvalue weighted by Gasteiger charge is -2.24. The number of carbonyl (C=O) groups is 2. The molecule has 2 aromatic heterocycles. The molecule has 0 fully saturated rings. The predicted octanol–water partition coefficient (Wildman–Crippen LogP) is 2.14. The zero-order valence-corrected chi connectivity index (χ0v) is 17.2. The number of amides is 2. The lowest BCUT2D eigenvalue weighted by Crippen LogP contribution is -2.43. The normalized spacial score (nSPS) is 16.3. The van der Waals surface area contributed by atoms with Gasteiger partial charge in [-0.05, 0) is 24.3 Å². The van der Waals surface area contributed by atoms with Crippen LogP contribution in [0.5, 0.6) is 0 Å². The number of fused-ring (bicyclic) bond motifs is 1. The van der Waals surface area contributed by atoms with E-state index in [-0.39, 0.29) is 19.0 Å². The van der Waals surface area contributed by atoms with Gasteiger partial charge in [-0.2, -0.15) is 5.10 Å². The highest BCUT2D eigenvalue weighted by molar-refractivity contribution is 6.03. The fraction of sp³-hybridized carbons (Fsp3) is 0.318. The van der Waals surface area contributed by atoms with E-state index in [1.54, 1.807) is 24.3 Å². The number of carbonyl (C=O) groups excluding carboxylic acids is 2. The summed E-state index contributed by atoms with van der Waals surface area (Å²) >= 11 is 0. The molecule has 0 saturated heterocycles. The Morgan fingerprint density at radius 1 is 1.26 bits per heavy atom. The lowest BCUT2D eigenvalue weighted by atomic mass is 10.1. The molecule has 0 spiro atoms. The first-order chi connectivity index (χ1) is 15.0. The van der Waals surface area contributed by atoms with E-state index < -0.39 is 11.9 Å². The summed E-state index contributed by atoms with van der Waals surface area (Å²) in [5.74, 6) is 0.451. The number of primary amides is 1. The summed E-state index contributed by atoms with van der Waals surface area (Å²) < 4.78 is 16.6. The molecule has 1 unspecified atom stereocenters. The first-order valence-corrected chi connectivity index (χ1v) is 9.96. The van der Waals surface area contributed by atoms with Crippen molar-refractivity contribution in [1.29, 1.82) is 0 Å². The Hall–Kier alpha value is -3.43. The first kappa shape index (κ1) is 20.8. The zero-order valence-electron chi connectivity index (χ0n) is 17.2. The molecule has 1 aromatic carbocycles. The number of ether oxygens (including phenoxy) is 1. The number of hydrogen-bond donors (Lipinski definition) is 1. The molecule has 1 aliphatic rings. The molecule has 2 amide bonds. The van der Waals surface area contributed by atoms with Crippen LogP contribution in [0.15, 0.2) is 62.7 Å². The molecule has 4 rings (SSSR count). The van der Waals surface area contributed by atoms with E-state index in [1.165, 1.54) is 5.01 Å². The van der Waals surface area contributed by atoms with Crippen molar-refractivity contribution in [3.63, 3.8) is 0 Å². The van der Waals surface area contributed by atoms with Crippen molar-refractivity contribution < 1.29 is 23.2 Å².